The van der Waals surface area contributed by atoms with Crippen LogP contribution in [0.3, 0.4) is 0 Å². The topological polar surface area (TPSA) is 74.8 Å². The molecule has 0 spiro atoms. The molecule has 0 saturated heterocycles. The Morgan fingerprint density at radius 1 is 1.24 bits per heavy atom. The van der Waals surface area contributed by atoms with Crippen LogP contribution in [0.25, 0.3) is 0 Å². The first-order valence-corrected chi connectivity index (χ1v) is 5.09. The fourth-order valence-corrected chi connectivity index (χ4v) is 1.38. The summed E-state index contributed by atoms with van der Waals surface area (Å²) in [6.07, 6.45) is 0. The van der Waals surface area contributed by atoms with Crippen molar-refractivity contribution in [3.63, 3.8) is 0 Å². The molecule has 17 heavy (non-hydrogen) atoms. The maximum absolute atomic E-state index is 11.8. The van der Waals surface area contributed by atoms with Gasteiger partial charge in [-0.2, -0.15) is 0 Å². The van der Waals surface area contributed by atoms with Crippen molar-refractivity contribution in [3.8, 4) is 0 Å². The van der Waals surface area contributed by atoms with Gasteiger partial charge in [0.15, 0.2) is 0 Å². The van der Waals surface area contributed by atoms with Crippen LogP contribution in [0.5, 0.6) is 0 Å². The molecule has 5 heteroatoms. The zero-order chi connectivity index (χ0) is 12.3. The molecule has 1 amide bonds. The third kappa shape index (κ3) is 2.78. The first kappa shape index (κ1) is 11.1. The maximum atomic E-state index is 11.8. The Labute approximate surface area is 97.5 Å². The van der Waals surface area contributed by atoms with Crippen molar-refractivity contribution >= 4 is 11.7 Å². The number of aromatic nitrogens is 2. The minimum absolute atomic E-state index is 0.209. The number of nitrogens with one attached hydrogen (secondary N) is 2. The van der Waals surface area contributed by atoms with E-state index in [0.717, 1.165) is 5.69 Å². The van der Waals surface area contributed by atoms with E-state index < -0.39 is 0 Å². The number of rotatable bonds is 2. The molecule has 0 atom stereocenters. The van der Waals surface area contributed by atoms with Crippen LogP contribution in [0.15, 0.2) is 41.2 Å². The molecule has 86 valence electrons. The number of aromatic amines is 1. The molecule has 0 aromatic carbocycles. The molecule has 0 fully saturated rings. The lowest BCUT2D eigenvalue weighted by atomic mass is 10.3. The molecule has 2 aromatic heterocycles. The van der Waals surface area contributed by atoms with E-state index in [9.17, 15) is 9.59 Å². The molecule has 0 aliphatic carbocycles. The lowest BCUT2D eigenvalue weighted by Crippen LogP contribution is -2.18. The Morgan fingerprint density at radius 3 is 2.71 bits per heavy atom. The van der Waals surface area contributed by atoms with E-state index >= 15 is 0 Å². The van der Waals surface area contributed by atoms with Crippen LogP contribution in [-0.2, 0) is 0 Å². The third-order valence-corrected chi connectivity index (χ3v) is 2.14. The minimum Gasteiger partial charge on any atom is -0.318 e. The van der Waals surface area contributed by atoms with Gasteiger partial charge in [-0.25, -0.2) is 4.98 Å². The van der Waals surface area contributed by atoms with Gasteiger partial charge in [0.25, 0.3) is 5.91 Å². The standard InChI is InChI=1S/C12H11N3O2/c1-8-4-2-6-10(13-8)15-12(17)9-5-3-7-11(16)14-9/h2-7H,1H3,(H,14,16)(H,13,15,17). The summed E-state index contributed by atoms with van der Waals surface area (Å²) in [6.45, 7) is 1.83. The van der Waals surface area contributed by atoms with E-state index in [-0.39, 0.29) is 17.2 Å². The molecule has 0 saturated carbocycles. The number of nitrogens with zero attached hydrogens (tertiary/aromatic N) is 1. The zero-order valence-electron chi connectivity index (χ0n) is 9.23. The van der Waals surface area contributed by atoms with Crippen molar-refractivity contribution in [1.82, 2.24) is 9.97 Å². The highest BCUT2D eigenvalue weighted by Gasteiger charge is 2.06. The average molecular weight is 229 g/mol. The predicted octanol–water partition coefficient (Wildman–Crippen LogP) is 1.33. The predicted molar refractivity (Wildman–Crippen MR) is 64.0 cm³/mol. The molecular weight excluding hydrogens is 218 g/mol. The number of H-pyrrole nitrogens is 1. The SMILES string of the molecule is Cc1cccc(NC(=O)c2cccc(=O)[nH]2)n1. The van der Waals surface area contributed by atoms with E-state index in [1.54, 1.807) is 12.1 Å². The van der Waals surface area contributed by atoms with Crippen LogP contribution in [0, 0.1) is 6.92 Å². The number of hydrogen-bond donors (Lipinski definition) is 2. The van der Waals surface area contributed by atoms with Crippen LogP contribution in [0.2, 0.25) is 0 Å². The Hall–Kier alpha value is -2.43. The molecule has 2 rings (SSSR count). The van der Waals surface area contributed by atoms with Crippen LogP contribution in [0.4, 0.5) is 5.82 Å². The van der Waals surface area contributed by atoms with Gasteiger partial charge in [0.1, 0.15) is 11.5 Å². The molecule has 2 aromatic rings. The van der Waals surface area contributed by atoms with Gasteiger partial charge < -0.3 is 10.3 Å². The van der Waals surface area contributed by atoms with Crippen LogP contribution in [-0.4, -0.2) is 15.9 Å². The van der Waals surface area contributed by atoms with E-state index in [4.69, 9.17) is 0 Å². The molecule has 0 unspecified atom stereocenters. The third-order valence-electron chi connectivity index (χ3n) is 2.14. The van der Waals surface area contributed by atoms with Crippen molar-refractivity contribution in [2.24, 2.45) is 0 Å². The lowest BCUT2D eigenvalue weighted by molar-refractivity contribution is 0.102. The molecule has 2 N–H and O–H groups in total. The number of carbonyl (C=O) groups is 1. The highest BCUT2D eigenvalue weighted by atomic mass is 16.2. The molecule has 0 aliphatic heterocycles. The lowest BCUT2D eigenvalue weighted by Gasteiger charge is -2.04. The van der Waals surface area contributed by atoms with Gasteiger partial charge in [0.05, 0.1) is 0 Å². The Bertz CT molecular complexity index is 604. The van der Waals surface area contributed by atoms with E-state index in [1.165, 1.54) is 18.2 Å². The van der Waals surface area contributed by atoms with Crippen LogP contribution < -0.4 is 10.9 Å². The second kappa shape index (κ2) is 4.61. The van der Waals surface area contributed by atoms with E-state index in [1.807, 2.05) is 13.0 Å². The monoisotopic (exact) mass is 229 g/mol. The van der Waals surface area contributed by atoms with Crippen molar-refractivity contribution in [3.05, 3.63) is 58.1 Å². The first-order chi connectivity index (χ1) is 8.15. The summed E-state index contributed by atoms with van der Waals surface area (Å²) in [5.74, 6) is 0.0699. The smallest absolute Gasteiger partial charge is 0.273 e. The summed E-state index contributed by atoms with van der Waals surface area (Å²) in [5, 5.41) is 2.61. The largest absolute Gasteiger partial charge is 0.318 e. The molecule has 5 nitrogen and oxygen atoms in total. The Kier molecular flexibility index (Phi) is 3.00. The van der Waals surface area contributed by atoms with Crippen LogP contribution >= 0.6 is 0 Å². The summed E-state index contributed by atoms with van der Waals surface area (Å²) in [4.78, 5) is 29.4. The maximum Gasteiger partial charge on any atom is 0.273 e. The molecule has 0 aliphatic rings. The second-order valence-electron chi connectivity index (χ2n) is 3.55. The zero-order valence-corrected chi connectivity index (χ0v) is 9.23. The fourth-order valence-electron chi connectivity index (χ4n) is 1.38. The molecule has 0 bridgehead atoms. The second-order valence-corrected chi connectivity index (χ2v) is 3.55. The molecule has 0 radical (unpaired) electrons. The normalized spacial score (nSPS) is 9.94. The summed E-state index contributed by atoms with van der Waals surface area (Å²) in [6, 6.07) is 9.73. The number of amides is 1. The van der Waals surface area contributed by atoms with Gasteiger partial charge in [-0.3, -0.25) is 9.59 Å². The molecule has 2 heterocycles. The quantitative estimate of drug-likeness (QED) is 0.815. The number of aryl methyl sites for hydroxylation is 1. The van der Waals surface area contributed by atoms with Gasteiger partial charge in [-0.15, -0.1) is 0 Å². The number of anilines is 1. The van der Waals surface area contributed by atoms with Crippen LogP contribution in [0.1, 0.15) is 16.2 Å². The van der Waals surface area contributed by atoms with Crippen molar-refractivity contribution < 1.29 is 4.79 Å². The van der Waals surface area contributed by atoms with Crippen molar-refractivity contribution in [2.45, 2.75) is 6.92 Å². The number of pyridine rings is 2. The van der Waals surface area contributed by atoms with Gasteiger partial charge in [0, 0.05) is 11.8 Å². The molecular formula is C12H11N3O2. The van der Waals surface area contributed by atoms with Gasteiger partial charge in [-0.05, 0) is 25.1 Å². The minimum atomic E-state index is -0.388. The summed E-state index contributed by atoms with van der Waals surface area (Å²) in [7, 11) is 0. The van der Waals surface area contributed by atoms with E-state index in [2.05, 4.69) is 15.3 Å². The fraction of sp³-hybridized carbons (Fsp3) is 0.0833. The average Bonchev–Trinajstić information content (AvgIpc) is 2.29. The van der Waals surface area contributed by atoms with Gasteiger partial charge >= 0.3 is 0 Å². The summed E-state index contributed by atoms with van der Waals surface area (Å²) in [5.41, 5.74) is 0.708. The van der Waals surface area contributed by atoms with Crippen molar-refractivity contribution in [2.75, 3.05) is 5.32 Å². The number of hydrogen-bond acceptors (Lipinski definition) is 3. The Morgan fingerprint density at radius 2 is 2.00 bits per heavy atom. The summed E-state index contributed by atoms with van der Waals surface area (Å²) >= 11 is 0. The van der Waals surface area contributed by atoms with Gasteiger partial charge in [-0.1, -0.05) is 12.1 Å². The van der Waals surface area contributed by atoms with Crippen molar-refractivity contribution in [1.29, 1.82) is 0 Å². The highest BCUT2D eigenvalue weighted by Crippen LogP contribution is 2.05. The summed E-state index contributed by atoms with van der Waals surface area (Å²) < 4.78 is 0. The number of carbonyl (C=O) groups excluding carboxylic acids is 1. The van der Waals surface area contributed by atoms with E-state index in [0.29, 0.717) is 5.82 Å². The Balaban J connectivity index is 2.20. The highest BCUT2D eigenvalue weighted by molar-refractivity contribution is 6.02. The first-order valence-electron chi connectivity index (χ1n) is 5.09. The van der Waals surface area contributed by atoms with Gasteiger partial charge in [0.2, 0.25) is 5.56 Å².